The van der Waals surface area contributed by atoms with Gasteiger partial charge in [0.2, 0.25) is 0 Å². The summed E-state index contributed by atoms with van der Waals surface area (Å²) in [4.78, 5) is 5.18. The maximum Gasteiger partial charge on any atom is 0.0223 e. The monoisotopic (exact) mass is 184 g/mol. The largest absolute Gasteiger partial charge is 0.298 e. The van der Waals surface area contributed by atoms with Gasteiger partial charge >= 0.3 is 0 Å². The molecule has 1 aliphatic rings. The number of nitrogens with zero attached hydrogens (tertiary/aromatic N) is 2. The Morgan fingerprint density at radius 1 is 1.15 bits per heavy atom. The van der Waals surface area contributed by atoms with E-state index in [2.05, 4.69) is 44.4 Å². The van der Waals surface area contributed by atoms with Crippen LogP contribution in [0.2, 0.25) is 0 Å². The van der Waals surface area contributed by atoms with Crippen LogP contribution < -0.4 is 0 Å². The van der Waals surface area contributed by atoms with Gasteiger partial charge in [-0.3, -0.25) is 9.80 Å². The molecule has 2 unspecified atom stereocenters. The lowest BCUT2D eigenvalue weighted by atomic mass is 10.0. The van der Waals surface area contributed by atoms with E-state index in [9.17, 15) is 0 Å². The molecule has 0 aromatic heterocycles. The van der Waals surface area contributed by atoms with Crippen molar-refractivity contribution < 1.29 is 0 Å². The van der Waals surface area contributed by atoms with E-state index in [4.69, 9.17) is 0 Å². The van der Waals surface area contributed by atoms with E-state index < -0.39 is 0 Å². The molecular weight excluding hydrogens is 160 g/mol. The molecule has 0 amide bonds. The van der Waals surface area contributed by atoms with Crippen molar-refractivity contribution in [3.05, 3.63) is 0 Å². The van der Waals surface area contributed by atoms with Gasteiger partial charge in [0.25, 0.3) is 0 Å². The van der Waals surface area contributed by atoms with Crippen molar-refractivity contribution in [1.82, 2.24) is 9.80 Å². The Morgan fingerprint density at radius 3 is 2.23 bits per heavy atom. The lowest BCUT2D eigenvalue weighted by Gasteiger charge is -2.46. The first-order chi connectivity index (χ1) is 6.07. The third-order valence-electron chi connectivity index (χ3n) is 3.51. The fourth-order valence-electron chi connectivity index (χ4n) is 2.41. The highest BCUT2D eigenvalue weighted by Gasteiger charge is 2.30. The van der Waals surface area contributed by atoms with Crippen molar-refractivity contribution in [2.24, 2.45) is 0 Å². The van der Waals surface area contributed by atoms with Crippen molar-refractivity contribution in [3.63, 3.8) is 0 Å². The molecule has 0 aromatic rings. The molecule has 1 aliphatic heterocycles. The Labute approximate surface area is 82.9 Å². The molecule has 1 heterocycles. The first-order valence-corrected chi connectivity index (χ1v) is 5.57. The van der Waals surface area contributed by atoms with E-state index in [0.29, 0.717) is 18.1 Å². The Balaban J connectivity index is 2.59. The molecule has 0 aromatic carbocycles. The summed E-state index contributed by atoms with van der Waals surface area (Å²) in [6.07, 6.45) is 0. The number of rotatable bonds is 2. The lowest BCUT2D eigenvalue weighted by molar-refractivity contribution is 0.0203. The summed E-state index contributed by atoms with van der Waals surface area (Å²) in [5.74, 6) is 0. The summed E-state index contributed by atoms with van der Waals surface area (Å²) in [6, 6.07) is 2.10. The molecule has 2 nitrogen and oxygen atoms in total. The molecule has 1 rings (SSSR count). The Morgan fingerprint density at radius 2 is 1.77 bits per heavy atom. The average Bonchev–Trinajstić information content (AvgIpc) is 2.09. The Kier molecular flexibility index (Phi) is 3.74. The van der Waals surface area contributed by atoms with Crippen LogP contribution in [0.3, 0.4) is 0 Å². The summed E-state index contributed by atoms with van der Waals surface area (Å²) in [7, 11) is 0. The van der Waals surface area contributed by atoms with Crippen LogP contribution in [0.25, 0.3) is 0 Å². The van der Waals surface area contributed by atoms with Crippen LogP contribution in [0.5, 0.6) is 0 Å². The second-order valence-corrected chi connectivity index (χ2v) is 4.44. The molecule has 0 bridgehead atoms. The van der Waals surface area contributed by atoms with Gasteiger partial charge in [-0.2, -0.15) is 0 Å². The molecule has 0 aliphatic carbocycles. The van der Waals surface area contributed by atoms with Crippen LogP contribution in [0, 0.1) is 0 Å². The maximum atomic E-state index is 2.61. The maximum absolute atomic E-state index is 2.61. The van der Waals surface area contributed by atoms with Crippen LogP contribution in [-0.2, 0) is 0 Å². The third-order valence-corrected chi connectivity index (χ3v) is 3.51. The van der Waals surface area contributed by atoms with E-state index in [-0.39, 0.29) is 0 Å². The van der Waals surface area contributed by atoms with Gasteiger partial charge in [0, 0.05) is 31.2 Å². The molecule has 1 saturated heterocycles. The molecule has 78 valence electrons. The van der Waals surface area contributed by atoms with E-state index in [1.807, 2.05) is 0 Å². The fraction of sp³-hybridized carbons (Fsp3) is 1.00. The smallest absolute Gasteiger partial charge is 0.0223 e. The van der Waals surface area contributed by atoms with E-state index in [1.165, 1.54) is 19.6 Å². The minimum atomic E-state index is 0.691. The van der Waals surface area contributed by atoms with Crippen LogP contribution in [-0.4, -0.2) is 47.6 Å². The summed E-state index contributed by atoms with van der Waals surface area (Å²) in [6.45, 7) is 15.2. The standard InChI is InChI=1S/C11H24N2/c1-6-12-7-8-13(9(2)3)11(5)10(12)4/h9-11H,6-8H2,1-5H3. The lowest BCUT2D eigenvalue weighted by Crippen LogP contribution is -2.58. The molecule has 2 atom stereocenters. The van der Waals surface area contributed by atoms with Crippen molar-refractivity contribution in [3.8, 4) is 0 Å². The van der Waals surface area contributed by atoms with Gasteiger partial charge in [-0.05, 0) is 34.2 Å². The second-order valence-electron chi connectivity index (χ2n) is 4.44. The minimum absolute atomic E-state index is 0.691. The summed E-state index contributed by atoms with van der Waals surface area (Å²) >= 11 is 0. The molecule has 13 heavy (non-hydrogen) atoms. The molecular formula is C11H24N2. The topological polar surface area (TPSA) is 6.48 Å². The average molecular weight is 184 g/mol. The molecule has 1 fully saturated rings. The predicted molar refractivity (Wildman–Crippen MR) is 58.0 cm³/mol. The van der Waals surface area contributed by atoms with E-state index in [0.717, 1.165) is 0 Å². The van der Waals surface area contributed by atoms with Crippen LogP contribution >= 0.6 is 0 Å². The van der Waals surface area contributed by atoms with Crippen molar-refractivity contribution in [2.45, 2.75) is 52.7 Å². The first-order valence-electron chi connectivity index (χ1n) is 5.57. The molecule has 2 heteroatoms. The fourth-order valence-corrected chi connectivity index (χ4v) is 2.41. The summed E-state index contributed by atoms with van der Waals surface area (Å²) < 4.78 is 0. The van der Waals surface area contributed by atoms with Crippen molar-refractivity contribution >= 4 is 0 Å². The zero-order valence-corrected chi connectivity index (χ0v) is 9.75. The number of hydrogen-bond acceptors (Lipinski definition) is 2. The van der Waals surface area contributed by atoms with E-state index in [1.54, 1.807) is 0 Å². The summed E-state index contributed by atoms with van der Waals surface area (Å²) in [5, 5.41) is 0. The van der Waals surface area contributed by atoms with Gasteiger partial charge in [-0.15, -0.1) is 0 Å². The van der Waals surface area contributed by atoms with Crippen LogP contribution in [0.4, 0.5) is 0 Å². The number of likely N-dealkylation sites (N-methyl/N-ethyl adjacent to an activating group) is 1. The van der Waals surface area contributed by atoms with Crippen LogP contribution in [0.1, 0.15) is 34.6 Å². The van der Waals surface area contributed by atoms with E-state index >= 15 is 0 Å². The van der Waals surface area contributed by atoms with Crippen molar-refractivity contribution in [2.75, 3.05) is 19.6 Å². The quantitative estimate of drug-likeness (QED) is 0.646. The van der Waals surface area contributed by atoms with Crippen molar-refractivity contribution in [1.29, 1.82) is 0 Å². The molecule has 0 N–H and O–H groups in total. The normalized spacial score (nSPS) is 32.8. The Bertz CT molecular complexity index is 156. The van der Waals surface area contributed by atoms with Gasteiger partial charge in [0.15, 0.2) is 0 Å². The van der Waals surface area contributed by atoms with Gasteiger partial charge in [-0.1, -0.05) is 6.92 Å². The number of piperazine rings is 1. The Hall–Kier alpha value is -0.0800. The second kappa shape index (κ2) is 4.43. The number of hydrogen-bond donors (Lipinski definition) is 0. The van der Waals surface area contributed by atoms with Gasteiger partial charge < -0.3 is 0 Å². The van der Waals surface area contributed by atoms with Gasteiger partial charge in [0.1, 0.15) is 0 Å². The van der Waals surface area contributed by atoms with Crippen LogP contribution in [0.15, 0.2) is 0 Å². The molecule has 0 spiro atoms. The highest BCUT2D eigenvalue weighted by molar-refractivity contribution is 4.87. The van der Waals surface area contributed by atoms with Gasteiger partial charge in [0.05, 0.1) is 0 Å². The molecule has 0 saturated carbocycles. The third kappa shape index (κ3) is 2.23. The first kappa shape index (κ1) is 11.0. The zero-order valence-electron chi connectivity index (χ0n) is 9.75. The predicted octanol–water partition coefficient (Wildman–Crippen LogP) is 1.81. The minimum Gasteiger partial charge on any atom is -0.298 e. The SMILES string of the molecule is CCN1CCN(C(C)C)C(C)C1C. The zero-order chi connectivity index (χ0) is 10.0. The highest BCUT2D eigenvalue weighted by atomic mass is 15.3. The van der Waals surface area contributed by atoms with Gasteiger partial charge in [-0.25, -0.2) is 0 Å². The highest BCUT2D eigenvalue weighted by Crippen LogP contribution is 2.18. The molecule has 0 radical (unpaired) electrons. The summed E-state index contributed by atoms with van der Waals surface area (Å²) in [5.41, 5.74) is 0.